The minimum Gasteiger partial charge on any atom is -0.469 e. The van der Waals surface area contributed by atoms with E-state index in [0.29, 0.717) is 23.1 Å². The van der Waals surface area contributed by atoms with Crippen molar-refractivity contribution < 1.29 is 14.3 Å². The first kappa shape index (κ1) is 18.5. The first-order chi connectivity index (χ1) is 10.4. The smallest absolute Gasteiger partial charge is 0.310 e. The topological polar surface area (TPSA) is 46.6 Å². The number of nitrogens with zero attached hydrogens (tertiary/aromatic N) is 1. The number of esters is 1. The Labute approximate surface area is 140 Å². The van der Waals surface area contributed by atoms with Gasteiger partial charge in [-0.3, -0.25) is 9.59 Å². The van der Waals surface area contributed by atoms with Crippen molar-refractivity contribution in [2.75, 3.05) is 20.2 Å². The fraction of sp³-hybridized carbons (Fsp3) is 0.375. The van der Waals surface area contributed by atoms with Crippen LogP contribution in [0.25, 0.3) is 6.08 Å². The van der Waals surface area contributed by atoms with Gasteiger partial charge in [-0.05, 0) is 30.7 Å². The Morgan fingerprint density at radius 1 is 1.32 bits per heavy atom. The van der Waals surface area contributed by atoms with Crippen LogP contribution in [0, 0.1) is 5.92 Å². The van der Waals surface area contributed by atoms with Crippen molar-refractivity contribution in [3.8, 4) is 0 Å². The highest BCUT2D eigenvalue weighted by atomic mass is 35.5. The lowest BCUT2D eigenvalue weighted by atomic mass is 10.1. The maximum atomic E-state index is 12.2. The molecule has 0 spiro atoms. The van der Waals surface area contributed by atoms with Gasteiger partial charge >= 0.3 is 5.97 Å². The van der Waals surface area contributed by atoms with E-state index in [0.717, 1.165) is 5.56 Å². The molecule has 1 unspecified atom stereocenters. The minimum atomic E-state index is -0.368. The lowest BCUT2D eigenvalue weighted by Crippen LogP contribution is -2.36. The van der Waals surface area contributed by atoms with E-state index in [1.54, 1.807) is 36.1 Å². The van der Waals surface area contributed by atoms with Crippen molar-refractivity contribution in [3.05, 3.63) is 39.9 Å². The number of carbonyl (C=O) groups excluding carboxylic acids is 2. The molecule has 0 fully saturated rings. The number of amides is 1. The van der Waals surface area contributed by atoms with Crippen LogP contribution in [0.3, 0.4) is 0 Å². The van der Waals surface area contributed by atoms with Gasteiger partial charge in [-0.2, -0.15) is 0 Å². The summed E-state index contributed by atoms with van der Waals surface area (Å²) in [6.07, 6.45) is 3.11. The van der Waals surface area contributed by atoms with E-state index in [2.05, 4.69) is 4.74 Å². The van der Waals surface area contributed by atoms with Crippen LogP contribution in [0.1, 0.15) is 19.4 Å². The molecule has 1 atom stereocenters. The van der Waals surface area contributed by atoms with Crippen molar-refractivity contribution >= 4 is 41.2 Å². The molecule has 0 aliphatic rings. The van der Waals surface area contributed by atoms with Crippen LogP contribution in [0.4, 0.5) is 0 Å². The molecular formula is C16H19Cl2NO3. The molecule has 0 aliphatic carbocycles. The van der Waals surface area contributed by atoms with Crippen LogP contribution >= 0.6 is 23.2 Å². The Hall–Kier alpha value is -1.52. The Morgan fingerprint density at radius 3 is 2.55 bits per heavy atom. The van der Waals surface area contributed by atoms with Gasteiger partial charge < -0.3 is 9.64 Å². The Bertz CT molecular complexity index is 573. The highest BCUT2D eigenvalue weighted by molar-refractivity contribution is 6.42. The van der Waals surface area contributed by atoms with E-state index in [1.165, 1.54) is 13.2 Å². The molecule has 0 aliphatic heterocycles. The fourth-order valence-electron chi connectivity index (χ4n) is 1.87. The molecule has 0 saturated heterocycles. The van der Waals surface area contributed by atoms with Crippen LogP contribution in [0.2, 0.25) is 10.0 Å². The maximum Gasteiger partial charge on any atom is 0.310 e. The van der Waals surface area contributed by atoms with E-state index in [9.17, 15) is 9.59 Å². The van der Waals surface area contributed by atoms with Crippen LogP contribution in [0.5, 0.6) is 0 Å². The standard InChI is InChI=1S/C16H19Cl2NO3/c1-4-19(10-11(2)16(21)22-3)15(20)8-6-12-5-7-13(17)14(18)9-12/h5-9,11H,4,10H2,1-3H3/b8-6+. The molecule has 6 heteroatoms. The van der Waals surface area contributed by atoms with Crippen molar-refractivity contribution in [1.29, 1.82) is 0 Å². The third kappa shape index (κ3) is 5.35. The average molecular weight is 344 g/mol. The van der Waals surface area contributed by atoms with E-state index in [-0.39, 0.29) is 17.8 Å². The number of carbonyl (C=O) groups is 2. The summed E-state index contributed by atoms with van der Waals surface area (Å²) in [5.74, 6) is -0.878. The van der Waals surface area contributed by atoms with Gasteiger partial charge in [-0.1, -0.05) is 36.2 Å². The normalized spacial score (nSPS) is 12.2. The van der Waals surface area contributed by atoms with Crippen LogP contribution in [-0.2, 0) is 14.3 Å². The lowest BCUT2D eigenvalue weighted by molar-refractivity contribution is -0.146. The quantitative estimate of drug-likeness (QED) is 0.584. The Kier molecular flexibility index (Phi) is 7.42. The number of likely N-dealkylation sites (N-methyl/N-ethyl adjacent to an activating group) is 1. The number of methoxy groups -OCH3 is 1. The summed E-state index contributed by atoms with van der Waals surface area (Å²) in [5.41, 5.74) is 0.778. The van der Waals surface area contributed by atoms with Crippen LogP contribution < -0.4 is 0 Å². The van der Waals surface area contributed by atoms with Gasteiger partial charge in [0.05, 0.1) is 23.1 Å². The van der Waals surface area contributed by atoms with Crippen molar-refractivity contribution in [3.63, 3.8) is 0 Å². The Morgan fingerprint density at radius 2 is 2.00 bits per heavy atom. The summed E-state index contributed by atoms with van der Waals surface area (Å²) in [6, 6.07) is 5.12. The molecule has 1 aromatic carbocycles. The second kappa shape index (κ2) is 8.81. The van der Waals surface area contributed by atoms with Gasteiger partial charge in [0.15, 0.2) is 0 Å². The van der Waals surface area contributed by atoms with Gasteiger partial charge in [0.1, 0.15) is 0 Å². The van der Waals surface area contributed by atoms with E-state index in [1.807, 2.05) is 6.92 Å². The second-order valence-electron chi connectivity index (χ2n) is 4.81. The third-order valence-electron chi connectivity index (χ3n) is 3.15. The average Bonchev–Trinajstić information content (AvgIpc) is 2.52. The zero-order chi connectivity index (χ0) is 16.7. The Balaban J connectivity index is 2.73. The van der Waals surface area contributed by atoms with Crippen LogP contribution in [0.15, 0.2) is 24.3 Å². The fourth-order valence-corrected chi connectivity index (χ4v) is 2.18. The van der Waals surface area contributed by atoms with Gasteiger partial charge in [0.25, 0.3) is 0 Å². The van der Waals surface area contributed by atoms with Gasteiger partial charge in [-0.15, -0.1) is 0 Å². The summed E-state index contributed by atoms with van der Waals surface area (Å²) >= 11 is 11.8. The first-order valence-electron chi connectivity index (χ1n) is 6.88. The summed E-state index contributed by atoms with van der Waals surface area (Å²) in [5, 5.41) is 0.898. The van der Waals surface area contributed by atoms with Gasteiger partial charge in [0.2, 0.25) is 5.91 Å². The number of benzene rings is 1. The molecular weight excluding hydrogens is 325 g/mol. The lowest BCUT2D eigenvalue weighted by Gasteiger charge is -2.22. The maximum absolute atomic E-state index is 12.2. The van der Waals surface area contributed by atoms with E-state index in [4.69, 9.17) is 23.2 Å². The molecule has 4 nitrogen and oxygen atoms in total. The molecule has 1 aromatic rings. The number of hydrogen-bond acceptors (Lipinski definition) is 3. The molecule has 0 radical (unpaired) electrons. The summed E-state index contributed by atoms with van der Waals surface area (Å²) in [6.45, 7) is 4.40. The predicted octanol–water partition coefficient (Wildman–Crippen LogP) is 3.66. The van der Waals surface area contributed by atoms with Crippen molar-refractivity contribution in [2.45, 2.75) is 13.8 Å². The summed E-state index contributed by atoms with van der Waals surface area (Å²) in [7, 11) is 1.33. The number of rotatable bonds is 6. The molecule has 0 saturated carbocycles. The van der Waals surface area contributed by atoms with E-state index < -0.39 is 0 Å². The van der Waals surface area contributed by atoms with Crippen molar-refractivity contribution in [2.24, 2.45) is 5.92 Å². The largest absolute Gasteiger partial charge is 0.469 e. The molecule has 120 valence electrons. The number of hydrogen-bond donors (Lipinski definition) is 0. The summed E-state index contributed by atoms with van der Waals surface area (Å²) < 4.78 is 4.67. The molecule has 0 aromatic heterocycles. The molecule has 0 bridgehead atoms. The monoisotopic (exact) mass is 343 g/mol. The van der Waals surface area contributed by atoms with Crippen molar-refractivity contribution in [1.82, 2.24) is 4.90 Å². The minimum absolute atomic E-state index is 0.177. The molecule has 22 heavy (non-hydrogen) atoms. The molecule has 0 N–H and O–H groups in total. The highest BCUT2D eigenvalue weighted by Crippen LogP contribution is 2.23. The zero-order valence-corrected chi connectivity index (χ0v) is 14.3. The summed E-state index contributed by atoms with van der Waals surface area (Å²) in [4.78, 5) is 25.2. The first-order valence-corrected chi connectivity index (χ1v) is 7.64. The van der Waals surface area contributed by atoms with Gasteiger partial charge in [-0.25, -0.2) is 0 Å². The molecule has 1 rings (SSSR count). The van der Waals surface area contributed by atoms with Crippen LogP contribution in [-0.4, -0.2) is 37.0 Å². The SMILES string of the molecule is CCN(CC(C)C(=O)OC)C(=O)/C=C/c1ccc(Cl)c(Cl)c1. The third-order valence-corrected chi connectivity index (χ3v) is 3.89. The zero-order valence-electron chi connectivity index (χ0n) is 12.8. The highest BCUT2D eigenvalue weighted by Gasteiger charge is 2.18. The predicted molar refractivity (Wildman–Crippen MR) is 88.9 cm³/mol. The molecule has 1 amide bonds. The number of ether oxygens (including phenoxy) is 1. The van der Waals surface area contributed by atoms with Gasteiger partial charge in [0, 0.05) is 19.2 Å². The second-order valence-corrected chi connectivity index (χ2v) is 5.62. The molecule has 0 heterocycles. The number of halogens is 2. The van der Waals surface area contributed by atoms with E-state index >= 15 is 0 Å².